The fraction of sp³-hybridized carbons (Fsp3) is 0.300. The molecule has 0 fully saturated rings. The van der Waals surface area contributed by atoms with E-state index in [1.54, 1.807) is 24.3 Å². The van der Waals surface area contributed by atoms with Crippen molar-refractivity contribution in [3.63, 3.8) is 0 Å². The van der Waals surface area contributed by atoms with Gasteiger partial charge in [-0.2, -0.15) is 0 Å². The Morgan fingerprint density at radius 2 is 2.15 bits per heavy atom. The summed E-state index contributed by atoms with van der Waals surface area (Å²) in [5, 5.41) is 0. The summed E-state index contributed by atoms with van der Waals surface area (Å²) in [6.45, 7) is 3.62. The van der Waals surface area contributed by atoms with E-state index in [0.717, 1.165) is 0 Å². The number of benzene rings is 1. The molecule has 0 aliphatic heterocycles. The third kappa shape index (κ3) is 2.78. The third-order valence-corrected chi connectivity index (χ3v) is 1.47. The van der Waals surface area contributed by atoms with Gasteiger partial charge in [-0.15, -0.1) is 0 Å². The minimum absolute atomic E-state index is 0.103. The highest BCUT2D eigenvalue weighted by atomic mass is 16.5. The summed E-state index contributed by atoms with van der Waals surface area (Å²) in [5.41, 5.74) is 6.58. The number of hydrogen-bond acceptors (Lipinski definition) is 3. The Balaban J connectivity index is 2.77. The van der Waals surface area contributed by atoms with Gasteiger partial charge in [0.1, 0.15) is 0 Å². The average molecular weight is 179 g/mol. The molecule has 2 N–H and O–H groups in total. The van der Waals surface area contributed by atoms with E-state index in [1.165, 1.54) is 0 Å². The van der Waals surface area contributed by atoms with Crippen molar-refractivity contribution >= 4 is 11.7 Å². The molecule has 1 aromatic carbocycles. The molecule has 0 bridgehead atoms. The molecule has 0 saturated carbocycles. The van der Waals surface area contributed by atoms with Crippen LogP contribution in [0.25, 0.3) is 0 Å². The Morgan fingerprint density at radius 3 is 2.69 bits per heavy atom. The van der Waals surface area contributed by atoms with Gasteiger partial charge in [0.2, 0.25) is 0 Å². The zero-order valence-electron chi connectivity index (χ0n) is 7.78. The summed E-state index contributed by atoms with van der Waals surface area (Å²) >= 11 is 0. The second-order valence-electron chi connectivity index (χ2n) is 3.08. The SMILES string of the molecule is CC(C)OC(=O)c1cccc(N)c1. The quantitative estimate of drug-likeness (QED) is 0.556. The predicted molar refractivity (Wildman–Crippen MR) is 51.4 cm³/mol. The van der Waals surface area contributed by atoms with Crippen LogP contribution in [0.3, 0.4) is 0 Å². The number of ether oxygens (including phenoxy) is 1. The van der Waals surface area contributed by atoms with Crippen LogP contribution in [-0.4, -0.2) is 12.1 Å². The van der Waals surface area contributed by atoms with Crippen LogP contribution in [0.5, 0.6) is 0 Å². The Kier molecular flexibility index (Phi) is 2.90. The van der Waals surface area contributed by atoms with Crippen LogP contribution in [-0.2, 0) is 4.74 Å². The summed E-state index contributed by atoms with van der Waals surface area (Å²) in [6, 6.07) is 6.74. The molecular weight excluding hydrogens is 166 g/mol. The largest absolute Gasteiger partial charge is 0.459 e. The van der Waals surface area contributed by atoms with Gasteiger partial charge in [0.25, 0.3) is 0 Å². The van der Waals surface area contributed by atoms with Crippen molar-refractivity contribution in [2.45, 2.75) is 20.0 Å². The molecule has 0 aromatic heterocycles. The molecule has 3 nitrogen and oxygen atoms in total. The summed E-state index contributed by atoms with van der Waals surface area (Å²) in [6.07, 6.45) is -0.103. The molecule has 70 valence electrons. The lowest BCUT2D eigenvalue weighted by atomic mass is 10.2. The number of carbonyl (C=O) groups excluding carboxylic acids is 1. The highest BCUT2D eigenvalue weighted by Crippen LogP contribution is 2.08. The van der Waals surface area contributed by atoms with Crippen molar-refractivity contribution in [2.24, 2.45) is 0 Å². The molecule has 0 aliphatic carbocycles. The van der Waals surface area contributed by atoms with Gasteiger partial charge in [0.15, 0.2) is 0 Å². The summed E-state index contributed by atoms with van der Waals surface area (Å²) in [7, 11) is 0. The molecule has 0 spiro atoms. The molecular formula is C10H13NO2. The molecule has 0 atom stereocenters. The first-order chi connectivity index (χ1) is 6.09. The highest BCUT2D eigenvalue weighted by molar-refractivity contribution is 5.90. The highest BCUT2D eigenvalue weighted by Gasteiger charge is 2.08. The van der Waals surface area contributed by atoms with E-state index >= 15 is 0 Å². The summed E-state index contributed by atoms with van der Waals surface area (Å²) in [5.74, 6) is -0.331. The molecule has 3 heteroatoms. The van der Waals surface area contributed by atoms with Crippen LogP contribution in [0.2, 0.25) is 0 Å². The van der Waals surface area contributed by atoms with Gasteiger partial charge in [-0.05, 0) is 32.0 Å². The topological polar surface area (TPSA) is 52.3 Å². The van der Waals surface area contributed by atoms with E-state index in [0.29, 0.717) is 11.3 Å². The van der Waals surface area contributed by atoms with Gasteiger partial charge in [0.05, 0.1) is 11.7 Å². The number of anilines is 1. The predicted octanol–water partition coefficient (Wildman–Crippen LogP) is 1.83. The van der Waals surface area contributed by atoms with Crippen molar-refractivity contribution in [1.29, 1.82) is 0 Å². The van der Waals surface area contributed by atoms with Crippen molar-refractivity contribution < 1.29 is 9.53 Å². The summed E-state index contributed by atoms with van der Waals surface area (Å²) in [4.78, 5) is 11.3. The summed E-state index contributed by atoms with van der Waals surface area (Å²) < 4.78 is 5.00. The number of hydrogen-bond donors (Lipinski definition) is 1. The molecule has 1 rings (SSSR count). The van der Waals surface area contributed by atoms with E-state index in [2.05, 4.69) is 0 Å². The lowest BCUT2D eigenvalue weighted by Crippen LogP contribution is -2.11. The van der Waals surface area contributed by atoms with Gasteiger partial charge in [0, 0.05) is 5.69 Å². The minimum Gasteiger partial charge on any atom is -0.459 e. The van der Waals surface area contributed by atoms with E-state index in [4.69, 9.17) is 10.5 Å². The van der Waals surface area contributed by atoms with Gasteiger partial charge in [-0.25, -0.2) is 4.79 Å². The molecule has 0 aliphatic rings. The Hall–Kier alpha value is -1.51. The van der Waals surface area contributed by atoms with Crippen molar-refractivity contribution in [3.8, 4) is 0 Å². The lowest BCUT2D eigenvalue weighted by Gasteiger charge is -2.07. The molecule has 1 aromatic rings. The number of carbonyl (C=O) groups is 1. The maximum atomic E-state index is 11.3. The standard InChI is InChI=1S/C10H13NO2/c1-7(2)13-10(12)8-4-3-5-9(11)6-8/h3-7H,11H2,1-2H3. The molecule has 0 unspecified atom stereocenters. The molecule has 0 heterocycles. The van der Waals surface area contributed by atoms with Crippen molar-refractivity contribution in [3.05, 3.63) is 29.8 Å². The number of rotatable bonds is 2. The van der Waals surface area contributed by atoms with Crippen LogP contribution in [0.15, 0.2) is 24.3 Å². The maximum absolute atomic E-state index is 11.3. The third-order valence-electron chi connectivity index (χ3n) is 1.47. The van der Waals surface area contributed by atoms with Crippen molar-refractivity contribution in [1.82, 2.24) is 0 Å². The number of nitrogen functional groups attached to an aromatic ring is 1. The van der Waals surface area contributed by atoms with Gasteiger partial charge in [-0.1, -0.05) is 6.07 Å². The first kappa shape index (κ1) is 9.58. The van der Waals surface area contributed by atoms with E-state index in [9.17, 15) is 4.79 Å². The first-order valence-corrected chi connectivity index (χ1v) is 4.16. The minimum atomic E-state index is -0.331. The van der Waals surface area contributed by atoms with Crippen molar-refractivity contribution in [2.75, 3.05) is 5.73 Å². The molecule has 0 saturated heterocycles. The smallest absolute Gasteiger partial charge is 0.338 e. The normalized spacial score (nSPS) is 10.1. The Morgan fingerprint density at radius 1 is 1.46 bits per heavy atom. The van der Waals surface area contributed by atoms with Crippen LogP contribution < -0.4 is 5.73 Å². The van der Waals surface area contributed by atoms with E-state index < -0.39 is 0 Å². The number of esters is 1. The second kappa shape index (κ2) is 3.94. The average Bonchev–Trinajstić information content (AvgIpc) is 2.03. The van der Waals surface area contributed by atoms with Crippen LogP contribution in [0, 0.1) is 0 Å². The van der Waals surface area contributed by atoms with E-state index in [-0.39, 0.29) is 12.1 Å². The Bertz CT molecular complexity index is 308. The molecule has 0 radical (unpaired) electrons. The fourth-order valence-corrected chi connectivity index (χ4v) is 0.948. The maximum Gasteiger partial charge on any atom is 0.338 e. The van der Waals surface area contributed by atoms with Gasteiger partial charge >= 0.3 is 5.97 Å². The van der Waals surface area contributed by atoms with Gasteiger partial charge < -0.3 is 10.5 Å². The lowest BCUT2D eigenvalue weighted by molar-refractivity contribution is 0.0378. The molecule has 13 heavy (non-hydrogen) atoms. The zero-order valence-corrected chi connectivity index (χ0v) is 7.78. The Labute approximate surface area is 77.5 Å². The van der Waals surface area contributed by atoms with Crippen LogP contribution >= 0.6 is 0 Å². The fourth-order valence-electron chi connectivity index (χ4n) is 0.948. The monoisotopic (exact) mass is 179 g/mol. The van der Waals surface area contributed by atoms with Crippen LogP contribution in [0.4, 0.5) is 5.69 Å². The van der Waals surface area contributed by atoms with Gasteiger partial charge in [-0.3, -0.25) is 0 Å². The second-order valence-corrected chi connectivity index (χ2v) is 3.08. The zero-order chi connectivity index (χ0) is 9.84. The number of nitrogens with two attached hydrogens (primary N) is 1. The van der Waals surface area contributed by atoms with E-state index in [1.807, 2.05) is 13.8 Å². The van der Waals surface area contributed by atoms with Crippen LogP contribution in [0.1, 0.15) is 24.2 Å². The first-order valence-electron chi connectivity index (χ1n) is 4.16. The molecule has 0 amide bonds.